The average molecular weight is 385 g/mol. The van der Waals surface area contributed by atoms with Crippen molar-refractivity contribution in [1.82, 2.24) is 5.06 Å². The fraction of sp³-hybridized carbons (Fsp3) is 0.955. The molecule has 159 valence electrons. The SMILES string of the molecule is CCCCC(C)C1(CCCCCCCCCCC(=O)O)OCC(C)(C)N1[O]. The Labute approximate surface area is 166 Å². The Balaban J connectivity index is 2.32. The third-order valence-electron chi connectivity index (χ3n) is 6.01. The molecule has 0 saturated carbocycles. The van der Waals surface area contributed by atoms with E-state index in [1.807, 2.05) is 13.8 Å². The van der Waals surface area contributed by atoms with Crippen LogP contribution < -0.4 is 0 Å². The first-order valence-electron chi connectivity index (χ1n) is 11.1. The molecule has 0 amide bonds. The number of ether oxygens (including phenoxy) is 1. The fourth-order valence-corrected chi connectivity index (χ4v) is 4.14. The largest absolute Gasteiger partial charge is 0.481 e. The predicted molar refractivity (Wildman–Crippen MR) is 108 cm³/mol. The van der Waals surface area contributed by atoms with Gasteiger partial charge in [0.25, 0.3) is 0 Å². The van der Waals surface area contributed by atoms with Crippen molar-refractivity contribution in [3.63, 3.8) is 0 Å². The molecule has 1 saturated heterocycles. The zero-order valence-electron chi connectivity index (χ0n) is 18.1. The van der Waals surface area contributed by atoms with Gasteiger partial charge in [-0.05, 0) is 39.5 Å². The number of hydrogen-bond acceptors (Lipinski definition) is 3. The molecule has 1 radical (unpaired) electrons. The van der Waals surface area contributed by atoms with Crippen LogP contribution in [0, 0.1) is 5.92 Å². The number of carboxylic acids is 1. The molecule has 1 heterocycles. The maximum atomic E-state index is 13.0. The van der Waals surface area contributed by atoms with E-state index in [1.54, 1.807) is 0 Å². The number of hydrogen-bond donors (Lipinski definition) is 1. The van der Waals surface area contributed by atoms with E-state index in [0.29, 0.717) is 13.0 Å². The highest BCUT2D eigenvalue weighted by Gasteiger charge is 2.54. The van der Waals surface area contributed by atoms with Gasteiger partial charge in [-0.1, -0.05) is 65.2 Å². The van der Waals surface area contributed by atoms with E-state index in [2.05, 4.69) is 13.8 Å². The summed E-state index contributed by atoms with van der Waals surface area (Å²) in [6.07, 6.45) is 13.1. The summed E-state index contributed by atoms with van der Waals surface area (Å²) in [5.74, 6) is -0.437. The molecule has 0 aromatic carbocycles. The zero-order chi connectivity index (χ0) is 20.3. The van der Waals surface area contributed by atoms with Gasteiger partial charge in [0.1, 0.15) is 5.72 Å². The summed E-state index contributed by atoms with van der Waals surface area (Å²) < 4.78 is 6.18. The van der Waals surface area contributed by atoms with Crippen molar-refractivity contribution >= 4 is 5.97 Å². The van der Waals surface area contributed by atoms with Crippen LogP contribution in [0.2, 0.25) is 0 Å². The van der Waals surface area contributed by atoms with Crippen molar-refractivity contribution in [2.45, 2.75) is 122 Å². The van der Waals surface area contributed by atoms with Crippen LogP contribution in [-0.4, -0.2) is 34.0 Å². The normalized spacial score (nSPS) is 23.6. The molecule has 0 bridgehead atoms. The molecule has 5 nitrogen and oxygen atoms in total. The summed E-state index contributed by atoms with van der Waals surface area (Å²) in [6.45, 7) is 8.86. The molecule has 1 aliphatic rings. The van der Waals surface area contributed by atoms with Crippen LogP contribution in [0.1, 0.15) is 111 Å². The molecule has 27 heavy (non-hydrogen) atoms. The highest BCUT2D eigenvalue weighted by molar-refractivity contribution is 5.66. The number of carbonyl (C=O) groups is 1. The van der Waals surface area contributed by atoms with E-state index < -0.39 is 17.2 Å². The summed E-state index contributed by atoms with van der Waals surface area (Å²) in [5, 5.41) is 22.9. The summed E-state index contributed by atoms with van der Waals surface area (Å²) in [4.78, 5) is 10.5. The van der Waals surface area contributed by atoms with Gasteiger partial charge in [-0.3, -0.25) is 4.79 Å². The van der Waals surface area contributed by atoms with Crippen LogP contribution >= 0.6 is 0 Å². The van der Waals surface area contributed by atoms with Crippen LogP contribution in [0.4, 0.5) is 0 Å². The molecule has 2 atom stereocenters. The lowest BCUT2D eigenvalue weighted by Gasteiger charge is -2.40. The Kier molecular flexibility index (Phi) is 10.9. The first-order valence-corrected chi connectivity index (χ1v) is 11.1. The summed E-state index contributed by atoms with van der Waals surface area (Å²) in [5.41, 5.74) is -1.08. The Morgan fingerprint density at radius 3 is 2.07 bits per heavy atom. The highest BCUT2D eigenvalue weighted by atomic mass is 16.6. The number of rotatable bonds is 15. The van der Waals surface area contributed by atoms with E-state index in [1.165, 1.54) is 24.3 Å². The first kappa shape index (κ1) is 24.4. The van der Waals surface area contributed by atoms with Crippen LogP contribution in [-0.2, 0) is 14.7 Å². The van der Waals surface area contributed by atoms with Gasteiger partial charge in [0.2, 0.25) is 0 Å². The van der Waals surface area contributed by atoms with Crippen LogP contribution in [0.5, 0.6) is 0 Å². The molecule has 1 N–H and O–H groups in total. The van der Waals surface area contributed by atoms with Crippen LogP contribution in [0.3, 0.4) is 0 Å². The lowest BCUT2D eigenvalue weighted by Crippen LogP contribution is -2.53. The second kappa shape index (κ2) is 12.0. The van der Waals surface area contributed by atoms with Gasteiger partial charge in [0.15, 0.2) is 0 Å². The fourth-order valence-electron chi connectivity index (χ4n) is 4.14. The van der Waals surface area contributed by atoms with Gasteiger partial charge < -0.3 is 9.84 Å². The number of nitrogens with zero attached hydrogens (tertiary/aromatic N) is 1. The molecule has 5 heteroatoms. The van der Waals surface area contributed by atoms with Crippen molar-refractivity contribution in [2.24, 2.45) is 5.92 Å². The van der Waals surface area contributed by atoms with Crippen LogP contribution in [0.15, 0.2) is 0 Å². The van der Waals surface area contributed by atoms with Crippen LogP contribution in [0.25, 0.3) is 0 Å². The molecule has 2 unspecified atom stereocenters. The molecule has 0 aromatic rings. The minimum absolute atomic E-state index is 0.256. The van der Waals surface area contributed by atoms with Gasteiger partial charge in [0.05, 0.1) is 12.1 Å². The van der Waals surface area contributed by atoms with Crippen molar-refractivity contribution in [1.29, 1.82) is 0 Å². The van der Waals surface area contributed by atoms with Crippen molar-refractivity contribution in [2.75, 3.05) is 6.61 Å². The molecule has 0 spiro atoms. The first-order chi connectivity index (χ1) is 12.8. The number of aliphatic carboxylic acids is 1. The third-order valence-corrected chi connectivity index (χ3v) is 6.01. The standard InChI is InChI=1S/C22H42NO4/c1-5-6-15-19(2)22(23(26)21(3,4)18-27-22)17-14-12-10-8-7-9-11-13-16-20(24)25/h19H,5-18H2,1-4H3,(H,24,25). The average Bonchev–Trinajstić information content (AvgIpc) is 2.85. The van der Waals surface area contributed by atoms with Gasteiger partial charge in [-0.2, -0.15) is 0 Å². The molecule has 1 fully saturated rings. The second-order valence-corrected chi connectivity index (χ2v) is 9.01. The topological polar surface area (TPSA) is 69.7 Å². The Bertz CT molecular complexity index is 427. The van der Waals surface area contributed by atoms with E-state index >= 15 is 0 Å². The predicted octanol–water partition coefficient (Wildman–Crippen LogP) is 5.95. The quantitative estimate of drug-likeness (QED) is 0.354. The van der Waals surface area contributed by atoms with E-state index in [4.69, 9.17) is 9.84 Å². The monoisotopic (exact) mass is 384 g/mol. The van der Waals surface area contributed by atoms with E-state index in [9.17, 15) is 10.0 Å². The summed E-state index contributed by atoms with van der Waals surface area (Å²) in [6, 6.07) is 0. The Morgan fingerprint density at radius 1 is 1.04 bits per heavy atom. The van der Waals surface area contributed by atoms with Crippen molar-refractivity contribution < 1.29 is 19.8 Å². The Morgan fingerprint density at radius 2 is 1.59 bits per heavy atom. The van der Waals surface area contributed by atoms with Crippen molar-refractivity contribution in [3.8, 4) is 0 Å². The minimum Gasteiger partial charge on any atom is -0.481 e. The third kappa shape index (κ3) is 7.71. The van der Waals surface area contributed by atoms with Gasteiger partial charge in [0, 0.05) is 12.3 Å². The number of carboxylic acid groups (broad SMARTS) is 1. The van der Waals surface area contributed by atoms with Crippen molar-refractivity contribution in [3.05, 3.63) is 0 Å². The second-order valence-electron chi connectivity index (χ2n) is 9.01. The highest BCUT2D eigenvalue weighted by Crippen LogP contribution is 2.43. The molecular formula is C22H42NO4. The molecule has 1 rings (SSSR count). The molecular weight excluding hydrogens is 342 g/mol. The maximum Gasteiger partial charge on any atom is 0.303 e. The lowest BCUT2D eigenvalue weighted by atomic mass is 9.86. The molecule has 1 aliphatic heterocycles. The lowest BCUT2D eigenvalue weighted by molar-refractivity contribution is -0.310. The minimum atomic E-state index is -0.693. The molecule has 0 aliphatic carbocycles. The van der Waals surface area contributed by atoms with E-state index in [0.717, 1.165) is 57.8 Å². The van der Waals surface area contributed by atoms with Gasteiger partial charge in [-0.25, -0.2) is 0 Å². The number of hydroxylamine groups is 2. The van der Waals surface area contributed by atoms with Gasteiger partial charge >= 0.3 is 5.97 Å². The summed E-state index contributed by atoms with van der Waals surface area (Å²) in [7, 11) is 0. The smallest absolute Gasteiger partial charge is 0.303 e. The summed E-state index contributed by atoms with van der Waals surface area (Å²) >= 11 is 0. The molecule has 0 aromatic heterocycles. The zero-order valence-corrected chi connectivity index (χ0v) is 18.1. The van der Waals surface area contributed by atoms with Gasteiger partial charge in [-0.15, -0.1) is 10.3 Å². The maximum absolute atomic E-state index is 13.0. The Hall–Kier alpha value is -0.650. The van der Waals surface area contributed by atoms with E-state index in [-0.39, 0.29) is 5.92 Å². The number of unbranched alkanes of at least 4 members (excludes halogenated alkanes) is 8.